The lowest BCUT2D eigenvalue weighted by Crippen LogP contribution is -2.69. The van der Waals surface area contributed by atoms with Crippen LogP contribution in [-0.2, 0) is 28.7 Å². The Labute approximate surface area is 226 Å². The molecule has 0 unspecified atom stereocenters. The molecular weight excluding hydrogens is 512 g/mol. The largest absolute Gasteiger partial charge is 0.465 e. The van der Waals surface area contributed by atoms with Gasteiger partial charge in [-0.25, -0.2) is 8.78 Å². The molecule has 0 bridgehead atoms. The first kappa shape index (κ1) is 28.1. The van der Waals surface area contributed by atoms with Crippen molar-refractivity contribution >= 4 is 23.5 Å². The second kappa shape index (κ2) is 9.29. The van der Waals surface area contributed by atoms with Crippen LogP contribution < -0.4 is 0 Å². The van der Waals surface area contributed by atoms with E-state index in [9.17, 15) is 24.3 Å². The standard InChI is InChI=1S/C29H37F2NO7/c1-5-38-25(37)13-32-12-17-8-19-20-10-22(30)21-9-18(34)6-7-26(21,3)29(20,31)23(35)11-27(19,4)28(17,15-32)24(36)14-39-16(2)33/h6-7,9,17,19-20,22-23,35H,5,8,10-15H2,1-4H3/t17-,19-,20-,22-,23-,26-,27-,28+,29-/m0/s1. The van der Waals surface area contributed by atoms with Crippen molar-refractivity contribution in [2.24, 2.45) is 34.0 Å². The van der Waals surface area contributed by atoms with Gasteiger partial charge in [-0.05, 0) is 68.1 Å². The maximum atomic E-state index is 17.5. The highest BCUT2D eigenvalue weighted by molar-refractivity contribution is 6.01. The van der Waals surface area contributed by atoms with Gasteiger partial charge in [0, 0.05) is 31.3 Å². The molecule has 1 saturated heterocycles. The zero-order chi connectivity index (χ0) is 28.5. The highest BCUT2D eigenvalue weighted by Gasteiger charge is 2.78. The summed E-state index contributed by atoms with van der Waals surface area (Å²) < 4.78 is 43.4. The van der Waals surface area contributed by atoms with E-state index in [2.05, 4.69) is 0 Å². The first-order valence-electron chi connectivity index (χ1n) is 13.8. The van der Waals surface area contributed by atoms with Crippen molar-refractivity contribution in [1.29, 1.82) is 0 Å². The van der Waals surface area contributed by atoms with Crippen LogP contribution >= 0.6 is 0 Å². The van der Waals surface area contributed by atoms with Crippen LogP contribution in [0.15, 0.2) is 23.8 Å². The van der Waals surface area contributed by atoms with Gasteiger partial charge in [0.2, 0.25) is 0 Å². The molecule has 8 nitrogen and oxygen atoms in total. The summed E-state index contributed by atoms with van der Waals surface area (Å²) in [6, 6.07) is 0. The van der Waals surface area contributed by atoms with Crippen molar-refractivity contribution in [3.63, 3.8) is 0 Å². The summed E-state index contributed by atoms with van der Waals surface area (Å²) in [6.07, 6.45) is 0.804. The number of allylic oxidation sites excluding steroid dienone is 4. The predicted molar refractivity (Wildman–Crippen MR) is 135 cm³/mol. The average Bonchev–Trinajstić information content (AvgIpc) is 3.33. The summed E-state index contributed by atoms with van der Waals surface area (Å²) in [5.41, 5.74) is -5.79. The van der Waals surface area contributed by atoms with E-state index in [1.165, 1.54) is 19.1 Å². The highest BCUT2D eigenvalue weighted by Crippen LogP contribution is 2.74. The normalized spacial score (nSPS) is 44.5. The smallest absolute Gasteiger partial charge is 0.320 e. The van der Waals surface area contributed by atoms with E-state index in [4.69, 9.17) is 9.47 Å². The Balaban J connectivity index is 1.56. The molecule has 0 aromatic rings. The Morgan fingerprint density at radius 2 is 1.90 bits per heavy atom. The van der Waals surface area contributed by atoms with E-state index in [1.54, 1.807) is 13.8 Å². The van der Waals surface area contributed by atoms with Crippen molar-refractivity contribution in [3.8, 4) is 0 Å². The van der Waals surface area contributed by atoms with Crippen LogP contribution in [-0.4, -0.2) is 84.3 Å². The summed E-state index contributed by atoms with van der Waals surface area (Å²) in [5, 5.41) is 11.6. The van der Waals surface area contributed by atoms with E-state index >= 15 is 8.78 Å². The lowest BCUT2D eigenvalue weighted by Gasteiger charge is -2.63. The minimum atomic E-state index is -2.24. The molecule has 0 aromatic carbocycles. The fourth-order valence-corrected chi connectivity index (χ4v) is 9.18. The van der Waals surface area contributed by atoms with Gasteiger partial charge in [0.05, 0.1) is 24.7 Å². The summed E-state index contributed by atoms with van der Waals surface area (Å²) >= 11 is 0. The summed E-state index contributed by atoms with van der Waals surface area (Å²) in [7, 11) is 0. The minimum Gasteiger partial charge on any atom is -0.465 e. The lowest BCUT2D eigenvalue weighted by molar-refractivity contribution is -0.212. The zero-order valence-corrected chi connectivity index (χ0v) is 22.9. The number of aliphatic hydroxyl groups is 1. The van der Waals surface area contributed by atoms with E-state index < -0.39 is 70.4 Å². The number of carbonyl (C=O) groups excluding carboxylic acids is 4. The van der Waals surface area contributed by atoms with Crippen LogP contribution in [0.1, 0.15) is 47.0 Å². The molecule has 0 aromatic heterocycles. The first-order valence-corrected chi connectivity index (χ1v) is 13.8. The van der Waals surface area contributed by atoms with Gasteiger partial charge < -0.3 is 14.6 Å². The van der Waals surface area contributed by atoms with Gasteiger partial charge in [-0.1, -0.05) is 13.0 Å². The van der Waals surface area contributed by atoms with Crippen LogP contribution in [0.3, 0.4) is 0 Å². The quantitative estimate of drug-likeness (QED) is 0.504. The number of alkyl halides is 2. The topological polar surface area (TPSA) is 110 Å². The molecule has 5 aliphatic rings. The maximum absolute atomic E-state index is 17.5. The van der Waals surface area contributed by atoms with Gasteiger partial charge in [-0.3, -0.25) is 24.1 Å². The first-order chi connectivity index (χ1) is 18.2. The number of esters is 2. The van der Waals surface area contributed by atoms with E-state index in [1.807, 2.05) is 11.8 Å². The van der Waals surface area contributed by atoms with Crippen molar-refractivity contribution in [2.45, 2.75) is 64.9 Å². The number of halogens is 2. The molecule has 0 spiro atoms. The van der Waals surface area contributed by atoms with Crippen LogP contribution in [0.5, 0.6) is 0 Å². The molecule has 3 saturated carbocycles. The molecule has 4 fully saturated rings. The molecule has 1 aliphatic heterocycles. The third-order valence-corrected chi connectivity index (χ3v) is 10.8. The number of likely N-dealkylation sites (tertiary alicyclic amines) is 1. The Bertz CT molecular complexity index is 1170. The van der Waals surface area contributed by atoms with Gasteiger partial charge in [0.1, 0.15) is 6.17 Å². The van der Waals surface area contributed by atoms with Crippen molar-refractivity contribution in [3.05, 3.63) is 23.8 Å². The summed E-state index contributed by atoms with van der Waals surface area (Å²) in [5.74, 6) is -3.46. The van der Waals surface area contributed by atoms with E-state index in [0.29, 0.717) is 13.0 Å². The molecule has 5 rings (SSSR count). The summed E-state index contributed by atoms with van der Waals surface area (Å²) in [4.78, 5) is 51.8. The molecule has 214 valence electrons. The van der Waals surface area contributed by atoms with Gasteiger partial charge in [-0.2, -0.15) is 0 Å². The van der Waals surface area contributed by atoms with Crippen molar-refractivity contribution < 1.29 is 42.5 Å². The minimum absolute atomic E-state index is 0.0235. The Kier molecular flexibility index (Phi) is 6.69. The molecule has 4 aliphatic carbocycles. The number of carbonyl (C=O) groups is 4. The number of aliphatic hydroxyl groups excluding tert-OH is 1. The van der Waals surface area contributed by atoms with E-state index in [-0.39, 0.29) is 49.8 Å². The number of fused-ring (bicyclic) bond motifs is 7. The maximum Gasteiger partial charge on any atom is 0.320 e. The van der Waals surface area contributed by atoms with Crippen LogP contribution in [0.2, 0.25) is 0 Å². The number of ether oxygens (including phenoxy) is 2. The molecule has 1 N–H and O–H groups in total. The third-order valence-electron chi connectivity index (χ3n) is 10.8. The van der Waals surface area contributed by atoms with Crippen LogP contribution in [0.25, 0.3) is 0 Å². The number of Topliss-reactive ketones (excluding diaryl/α,β-unsaturated/α-hetero) is 1. The molecule has 10 heteroatoms. The second-order valence-electron chi connectivity index (χ2n) is 12.4. The molecule has 0 radical (unpaired) electrons. The number of rotatable bonds is 6. The number of nitrogens with zero attached hydrogens (tertiary/aromatic N) is 1. The second-order valence-corrected chi connectivity index (χ2v) is 12.4. The SMILES string of the molecule is CCOC(=O)CN1C[C@@H]2C[C@H]3[C@@H]4C[C@H](F)C5=CC(=O)C=C[C@]5(C)[C@@]4(F)[C@@H](O)C[C@]3(C)[C@]2(C(=O)COC(C)=O)C1. The monoisotopic (exact) mass is 549 g/mol. The fourth-order valence-electron chi connectivity index (χ4n) is 9.18. The molecular formula is C29H37F2NO7. The number of hydrogen-bond donors (Lipinski definition) is 1. The van der Waals surface area contributed by atoms with Crippen LogP contribution in [0.4, 0.5) is 8.78 Å². The Hall–Kier alpha value is -2.46. The Morgan fingerprint density at radius 3 is 2.56 bits per heavy atom. The molecule has 0 amide bonds. The molecule has 39 heavy (non-hydrogen) atoms. The third kappa shape index (κ3) is 3.73. The summed E-state index contributed by atoms with van der Waals surface area (Å²) in [6.45, 7) is 6.59. The van der Waals surface area contributed by atoms with Crippen molar-refractivity contribution in [1.82, 2.24) is 4.90 Å². The number of hydrogen-bond acceptors (Lipinski definition) is 8. The fraction of sp³-hybridized carbons (Fsp3) is 0.724. The molecule has 1 heterocycles. The van der Waals surface area contributed by atoms with Crippen molar-refractivity contribution in [2.75, 3.05) is 32.8 Å². The van der Waals surface area contributed by atoms with E-state index in [0.717, 1.165) is 6.08 Å². The van der Waals surface area contributed by atoms with Crippen LogP contribution in [0, 0.1) is 34.0 Å². The zero-order valence-electron chi connectivity index (χ0n) is 22.9. The Morgan fingerprint density at radius 1 is 1.18 bits per heavy atom. The average molecular weight is 550 g/mol. The van der Waals surface area contributed by atoms with Gasteiger partial charge in [0.25, 0.3) is 0 Å². The highest BCUT2D eigenvalue weighted by atomic mass is 19.1. The number of ketones is 2. The molecule has 9 atom stereocenters. The lowest BCUT2D eigenvalue weighted by atomic mass is 9.43. The van der Waals surface area contributed by atoms with Gasteiger partial charge >= 0.3 is 11.9 Å². The van der Waals surface area contributed by atoms with Gasteiger partial charge in [-0.15, -0.1) is 0 Å². The predicted octanol–water partition coefficient (Wildman–Crippen LogP) is 2.53. The van der Waals surface area contributed by atoms with Gasteiger partial charge in [0.15, 0.2) is 23.8 Å².